The SMILES string of the molecule is S=P1(c2ccc(-c3ccc(P4(=S)c5ccccc5-c5ccccc54)cc3)cc2)c2ccccc2-c2ccccc21. The lowest BCUT2D eigenvalue weighted by molar-refractivity contribution is 1.66. The van der Waals surface area contributed by atoms with Crippen molar-refractivity contribution >= 4 is 67.5 Å². The molecule has 0 aromatic heterocycles. The monoisotopic (exact) mass is 582 g/mol. The van der Waals surface area contributed by atoms with E-state index >= 15 is 0 Å². The highest BCUT2D eigenvalue weighted by atomic mass is 32.4. The van der Waals surface area contributed by atoms with Gasteiger partial charge in [0.2, 0.25) is 0 Å². The van der Waals surface area contributed by atoms with Crippen molar-refractivity contribution in [1.82, 2.24) is 0 Å². The predicted molar refractivity (Wildman–Crippen MR) is 182 cm³/mol. The third kappa shape index (κ3) is 3.32. The molecule has 0 aliphatic carbocycles. The first kappa shape index (κ1) is 24.4. The molecule has 0 radical (unpaired) electrons. The molecule has 40 heavy (non-hydrogen) atoms. The summed E-state index contributed by atoms with van der Waals surface area (Å²) < 4.78 is 0. The first-order valence-electron chi connectivity index (χ1n) is 13.4. The number of fused-ring (bicyclic) bond motifs is 6. The molecule has 4 heteroatoms. The predicted octanol–water partition coefficient (Wildman–Crippen LogP) is 6.83. The Hall–Kier alpha value is -3.38. The Bertz CT molecular complexity index is 1810. The van der Waals surface area contributed by atoms with Gasteiger partial charge < -0.3 is 0 Å². The molecule has 0 bridgehead atoms. The summed E-state index contributed by atoms with van der Waals surface area (Å²) in [5.41, 5.74) is 7.55. The molecule has 0 N–H and O–H groups in total. The number of hydrogen-bond donors (Lipinski definition) is 0. The zero-order chi connectivity index (χ0) is 26.9. The first-order chi connectivity index (χ1) is 19.6. The van der Waals surface area contributed by atoms with Gasteiger partial charge in [0, 0.05) is 33.3 Å². The molecule has 0 fully saturated rings. The third-order valence-electron chi connectivity index (χ3n) is 8.35. The molecule has 8 rings (SSSR count). The van der Waals surface area contributed by atoms with Crippen LogP contribution in [-0.2, 0) is 23.6 Å². The van der Waals surface area contributed by atoms with E-state index in [1.54, 1.807) is 0 Å². The quantitative estimate of drug-likeness (QED) is 0.210. The Kier molecular flexibility index (Phi) is 5.54. The second kappa shape index (κ2) is 9.07. The van der Waals surface area contributed by atoms with Crippen molar-refractivity contribution in [2.45, 2.75) is 0 Å². The highest BCUT2D eigenvalue weighted by Gasteiger charge is 2.36. The lowest BCUT2D eigenvalue weighted by Gasteiger charge is -2.21. The van der Waals surface area contributed by atoms with Crippen LogP contribution in [0, 0.1) is 0 Å². The highest BCUT2D eigenvalue weighted by Crippen LogP contribution is 2.53. The Morgan fingerprint density at radius 3 is 0.825 bits per heavy atom. The van der Waals surface area contributed by atoms with Crippen molar-refractivity contribution in [2.75, 3.05) is 0 Å². The highest BCUT2D eigenvalue weighted by molar-refractivity contribution is 8.26. The fraction of sp³-hybridized carbons (Fsp3) is 0. The van der Waals surface area contributed by atoms with Crippen molar-refractivity contribution in [3.8, 4) is 33.4 Å². The molecule has 0 unspecified atom stereocenters. The fourth-order valence-electron chi connectivity index (χ4n) is 6.45. The molecule has 2 aliphatic heterocycles. The maximum absolute atomic E-state index is 6.56. The van der Waals surface area contributed by atoms with Crippen LogP contribution in [-0.4, -0.2) is 0 Å². The maximum Gasteiger partial charge on any atom is 0.0391 e. The van der Waals surface area contributed by atoms with E-state index in [1.807, 2.05) is 0 Å². The second-order valence-electron chi connectivity index (χ2n) is 10.4. The third-order valence-corrected chi connectivity index (χ3v) is 18.3. The first-order valence-corrected chi connectivity index (χ1v) is 19.0. The van der Waals surface area contributed by atoms with E-state index in [-0.39, 0.29) is 0 Å². The van der Waals surface area contributed by atoms with E-state index in [1.165, 1.54) is 65.2 Å². The van der Waals surface area contributed by atoms with Gasteiger partial charge in [0.05, 0.1) is 0 Å². The van der Waals surface area contributed by atoms with Crippen LogP contribution in [0.2, 0.25) is 0 Å². The maximum atomic E-state index is 6.56. The van der Waals surface area contributed by atoms with Gasteiger partial charge in [0.25, 0.3) is 0 Å². The Morgan fingerprint density at radius 2 is 0.550 bits per heavy atom. The largest absolute Gasteiger partial charge is 0.0826 e. The fourth-order valence-corrected chi connectivity index (χ4v) is 15.2. The van der Waals surface area contributed by atoms with E-state index in [0.717, 1.165) is 0 Å². The smallest absolute Gasteiger partial charge is 0.0391 e. The van der Waals surface area contributed by atoms with Crippen LogP contribution < -0.4 is 31.8 Å². The van der Waals surface area contributed by atoms with Crippen LogP contribution in [0.5, 0.6) is 0 Å². The Labute approximate surface area is 245 Å². The summed E-state index contributed by atoms with van der Waals surface area (Å²) in [6.07, 6.45) is 0. The van der Waals surface area contributed by atoms with Gasteiger partial charge in [-0.25, -0.2) is 0 Å². The molecule has 0 atom stereocenters. The zero-order valence-corrected chi connectivity index (χ0v) is 25.0. The molecule has 190 valence electrons. The summed E-state index contributed by atoms with van der Waals surface area (Å²) in [5.74, 6) is 0. The summed E-state index contributed by atoms with van der Waals surface area (Å²) in [6, 6.07) is 48.6. The van der Waals surface area contributed by atoms with Crippen LogP contribution in [0.4, 0.5) is 0 Å². The van der Waals surface area contributed by atoms with E-state index in [2.05, 4.69) is 146 Å². The Morgan fingerprint density at radius 1 is 0.300 bits per heavy atom. The van der Waals surface area contributed by atoms with Gasteiger partial charge in [-0.1, -0.05) is 169 Å². The van der Waals surface area contributed by atoms with Gasteiger partial charge in [-0.2, -0.15) is 0 Å². The second-order valence-corrected chi connectivity index (χ2v) is 19.1. The van der Waals surface area contributed by atoms with Crippen molar-refractivity contribution in [3.63, 3.8) is 0 Å². The van der Waals surface area contributed by atoms with Crippen molar-refractivity contribution in [1.29, 1.82) is 0 Å². The van der Waals surface area contributed by atoms with E-state index in [9.17, 15) is 0 Å². The van der Waals surface area contributed by atoms with Crippen LogP contribution >= 0.6 is 12.1 Å². The summed E-state index contributed by atoms with van der Waals surface area (Å²) in [4.78, 5) is 0. The average Bonchev–Trinajstić information content (AvgIpc) is 3.45. The van der Waals surface area contributed by atoms with Crippen molar-refractivity contribution in [2.24, 2.45) is 0 Å². The van der Waals surface area contributed by atoms with Crippen LogP contribution in [0.25, 0.3) is 33.4 Å². The van der Waals surface area contributed by atoms with Crippen molar-refractivity contribution in [3.05, 3.63) is 146 Å². The van der Waals surface area contributed by atoms with Crippen LogP contribution in [0.1, 0.15) is 0 Å². The Balaban J connectivity index is 1.17. The number of hydrogen-bond acceptors (Lipinski definition) is 2. The normalized spacial score (nSPS) is 15.1. The number of rotatable bonds is 3. The van der Waals surface area contributed by atoms with Gasteiger partial charge in [-0.05, 0) is 44.0 Å². The minimum Gasteiger partial charge on any atom is -0.0826 e. The van der Waals surface area contributed by atoms with Gasteiger partial charge in [-0.15, -0.1) is 0 Å². The number of benzene rings is 6. The molecule has 2 heterocycles. The average molecular weight is 583 g/mol. The standard InChI is InChI=1S/C36H24P2S2/c39-37(33-13-5-1-9-29(33)30-10-2-6-14-34(30)37)27-21-17-25(18-22-27)26-19-23-28(24-20-26)38(40)35-15-7-3-11-31(35)32-12-4-8-16-36(32)38/h1-24H. The van der Waals surface area contributed by atoms with Gasteiger partial charge in [-0.3, -0.25) is 0 Å². The van der Waals surface area contributed by atoms with Gasteiger partial charge in [0.15, 0.2) is 0 Å². The minimum atomic E-state index is -2.08. The van der Waals surface area contributed by atoms with E-state index in [0.29, 0.717) is 0 Å². The molecule has 2 aliphatic rings. The lowest BCUT2D eigenvalue weighted by atomic mass is 10.1. The molecule has 0 nitrogen and oxygen atoms in total. The molecular formula is C36H24P2S2. The lowest BCUT2D eigenvalue weighted by Crippen LogP contribution is -2.20. The zero-order valence-electron chi connectivity index (χ0n) is 21.6. The van der Waals surface area contributed by atoms with Gasteiger partial charge in [0.1, 0.15) is 0 Å². The summed E-state index contributed by atoms with van der Waals surface area (Å²) in [6.45, 7) is 0. The molecular weight excluding hydrogens is 558 g/mol. The molecule has 6 aromatic rings. The molecule has 0 amide bonds. The summed E-state index contributed by atoms with van der Waals surface area (Å²) in [5, 5.41) is 7.71. The van der Waals surface area contributed by atoms with Crippen LogP contribution in [0.15, 0.2) is 146 Å². The van der Waals surface area contributed by atoms with E-state index in [4.69, 9.17) is 23.6 Å². The molecule has 0 saturated heterocycles. The molecule has 0 saturated carbocycles. The topological polar surface area (TPSA) is 0 Å². The van der Waals surface area contributed by atoms with E-state index < -0.39 is 12.1 Å². The van der Waals surface area contributed by atoms with Gasteiger partial charge >= 0.3 is 0 Å². The molecule has 6 aromatic carbocycles. The summed E-state index contributed by atoms with van der Waals surface area (Å²) >= 11 is 13.1. The minimum absolute atomic E-state index is 1.20. The van der Waals surface area contributed by atoms with Crippen LogP contribution in [0.3, 0.4) is 0 Å². The molecule has 0 spiro atoms. The summed E-state index contributed by atoms with van der Waals surface area (Å²) in [7, 11) is 0. The van der Waals surface area contributed by atoms with Crippen molar-refractivity contribution < 1.29 is 0 Å².